The van der Waals surface area contributed by atoms with Crippen LogP contribution in [-0.4, -0.2) is 32.8 Å². The molecule has 0 aromatic carbocycles. The summed E-state index contributed by atoms with van der Waals surface area (Å²) in [5.74, 6) is 4.84. The lowest BCUT2D eigenvalue weighted by atomic mass is 9.99. The molecule has 2 atom stereocenters. The van der Waals surface area contributed by atoms with Crippen LogP contribution >= 0.6 is 11.8 Å². The van der Waals surface area contributed by atoms with E-state index in [2.05, 4.69) is 22.5 Å². The number of aliphatic hydroxyl groups excluding tert-OH is 1. The summed E-state index contributed by atoms with van der Waals surface area (Å²) in [6, 6.07) is 0. The van der Waals surface area contributed by atoms with Gasteiger partial charge < -0.3 is 9.67 Å². The summed E-state index contributed by atoms with van der Waals surface area (Å²) >= 11 is 2.06. The summed E-state index contributed by atoms with van der Waals surface area (Å²) in [4.78, 5) is 4.81. The van der Waals surface area contributed by atoms with Crippen molar-refractivity contribution in [2.45, 2.75) is 38.1 Å². The number of imidazole rings is 1. The summed E-state index contributed by atoms with van der Waals surface area (Å²) in [6.07, 6.45) is 6.94. The lowest BCUT2D eigenvalue weighted by Gasteiger charge is -2.20. The second-order valence-corrected chi connectivity index (χ2v) is 6.38. The molecular formula is C13H20N2OS. The van der Waals surface area contributed by atoms with Crippen molar-refractivity contribution < 1.29 is 5.11 Å². The Hall–Kier alpha value is -0.480. The average Bonchev–Trinajstić information content (AvgIpc) is 2.82. The summed E-state index contributed by atoms with van der Waals surface area (Å²) in [5, 5.41) is 9.23. The van der Waals surface area contributed by atoms with Crippen LogP contribution in [0.4, 0.5) is 0 Å². The zero-order valence-electron chi connectivity index (χ0n) is 10.1. The van der Waals surface area contributed by atoms with Gasteiger partial charge in [-0.25, -0.2) is 4.98 Å². The number of thioether (sulfide) groups is 1. The van der Waals surface area contributed by atoms with Gasteiger partial charge in [-0.3, -0.25) is 0 Å². The van der Waals surface area contributed by atoms with Gasteiger partial charge in [-0.1, -0.05) is 0 Å². The first-order valence-electron chi connectivity index (χ1n) is 6.61. The van der Waals surface area contributed by atoms with Crippen LogP contribution in [0.1, 0.15) is 36.7 Å². The Labute approximate surface area is 107 Å². The van der Waals surface area contributed by atoms with Gasteiger partial charge in [0.05, 0.1) is 5.69 Å². The van der Waals surface area contributed by atoms with Crippen LogP contribution in [0.25, 0.3) is 0 Å². The molecule has 17 heavy (non-hydrogen) atoms. The first kappa shape index (κ1) is 11.6. The normalized spacial score (nSPS) is 29.0. The van der Waals surface area contributed by atoms with Crippen molar-refractivity contribution in [3.8, 4) is 0 Å². The number of hydrogen-bond acceptors (Lipinski definition) is 3. The molecule has 0 spiro atoms. The van der Waals surface area contributed by atoms with E-state index in [-0.39, 0.29) is 0 Å². The van der Waals surface area contributed by atoms with Gasteiger partial charge in [-0.05, 0) is 30.9 Å². The smallest absolute Gasteiger partial charge is 0.109 e. The standard InChI is InChI=1S/C13H20N2OS/c16-8-10-3-4-15-7-12(14-13(15)6-10)11-2-1-5-17-9-11/h7,10-11,16H,1-6,8-9H2. The first-order chi connectivity index (χ1) is 8.36. The molecule has 0 saturated carbocycles. The number of fused-ring (bicyclic) bond motifs is 1. The molecule has 0 bridgehead atoms. The molecule has 1 saturated heterocycles. The van der Waals surface area contributed by atoms with Crippen molar-refractivity contribution in [1.29, 1.82) is 0 Å². The Bertz CT molecular complexity index is 385. The molecule has 0 radical (unpaired) electrons. The van der Waals surface area contributed by atoms with Gasteiger partial charge in [-0.15, -0.1) is 0 Å². The molecule has 2 aliphatic heterocycles. The molecule has 3 nitrogen and oxygen atoms in total. The predicted octanol–water partition coefficient (Wildman–Crippen LogP) is 2.05. The largest absolute Gasteiger partial charge is 0.396 e. The number of nitrogens with zero attached hydrogens (tertiary/aromatic N) is 2. The molecular weight excluding hydrogens is 232 g/mol. The molecule has 1 aromatic rings. The van der Waals surface area contributed by atoms with Crippen LogP contribution in [0.3, 0.4) is 0 Å². The molecule has 3 rings (SSSR count). The lowest BCUT2D eigenvalue weighted by molar-refractivity contribution is 0.199. The van der Waals surface area contributed by atoms with Gasteiger partial charge >= 0.3 is 0 Å². The van der Waals surface area contributed by atoms with E-state index in [0.717, 1.165) is 19.4 Å². The Morgan fingerprint density at radius 1 is 1.47 bits per heavy atom. The maximum atomic E-state index is 9.23. The van der Waals surface area contributed by atoms with E-state index in [9.17, 15) is 5.11 Å². The maximum absolute atomic E-state index is 9.23. The monoisotopic (exact) mass is 252 g/mol. The average molecular weight is 252 g/mol. The number of aromatic nitrogens is 2. The van der Waals surface area contributed by atoms with E-state index in [0.29, 0.717) is 18.4 Å². The summed E-state index contributed by atoms with van der Waals surface area (Å²) in [5.41, 5.74) is 1.30. The zero-order chi connectivity index (χ0) is 11.7. The topological polar surface area (TPSA) is 38.0 Å². The van der Waals surface area contributed by atoms with Crippen molar-refractivity contribution in [3.05, 3.63) is 17.7 Å². The first-order valence-corrected chi connectivity index (χ1v) is 7.77. The van der Waals surface area contributed by atoms with E-state index < -0.39 is 0 Å². The Kier molecular flexibility index (Phi) is 3.43. The minimum Gasteiger partial charge on any atom is -0.396 e. The van der Waals surface area contributed by atoms with Gasteiger partial charge in [0.15, 0.2) is 0 Å². The van der Waals surface area contributed by atoms with Crippen molar-refractivity contribution >= 4 is 11.8 Å². The van der Waals surface area contributed by atoms with Gasteiger partial charge in [0.2, 0.25) is 0 Å². The highest BCUT2D eigenvalue weighted by Crippen LogP contribution is 2.32. The molecule has 2 aliphatic rings. The predicted molar refractivity (Wildman–Crippen MR) is 70.4 cm³/mol. The molecule has 4 heteroatoms. The zero-order valence-corrected chi connectivity index (χ0v) is 11.0. The number of hydrogen-bond donors (Lipinski definition) is 1. The van der Waals surface area contributed by atoms with Crippen molar-refractivity contribution in [2.75, 3.05) is 18.1 Å². The Morgan fingerprint density at radius 3 is 3.18 bits per heavy atom. The third-order valence-electron chi connectivity index (χ3n) is 3.96. The Morgan fingerprint density at radius 2 is 2.41 bits per heavy atom. The van der Waals surface area contributed by atoms with Gasteiger partial charge in [-0.2, -0.15) is 11.8 Å². The van der Waals surface area contributed by atoms with Crippen molar-refractivity contribution in [3.63, 3.8) is 0 Å². The molecule has 94 valence electrons. The summed E-state index contributed by atoms with van der Waals surface area (Å²) < 4.78 is 2.31. The van der Waals surface area contributed by atoms with Crippen LogP contribution in [0.2, 0.25) is 0 Å². The lowest BCUT2D eigenvalue weighted by Crippen LogP contribution is -2.21. The van der Waals surface area contributed by atoms with Crippen molar-refractivity contribution in [1.82, 2.24) is 9.55 Å². The van der Waals surface area contributed by atoms with Crippen LogP contribution in [-0.2, 0) is 13.0 Å². The SMILES string of the molecule is OCC1CCn2cc(C3CCCSC3)nc2C1. The second kappa shape index (κ2) is 5.02. The summed E-state index contributed by atoms with van der Waals surface area (Å²) in [6.45, 7) is 1.34. The highest BCUT2D eigenvalue weighted by atomic mass is 32.2. The molecule has 0 amide bonds. The summed E-state index contributed by atoms with van der Waals surface area (Å²) in [7, 11) is 0. The minimum atomic E-state index is 0.307. The van der Waals surface area contributed by atoms with Crippen molar-refractivity contribution in [2.24, 2.45) is 5.92 Å². The molecule has 0 aliphatic carbocycles. The van der Waals surface area contributed by atoms with Crippen LogP contribution in [0.5, 0.6) is 0 Å². The van der Waals surface area contributed by atoms with E-state index >= 15 is 0 Å². The fourth-order valence-electron chi connectivity index (χ4n) is 2.84. The molecule has 2 unspecified atom stereocenters. The fourth-order valence-corrected chi connectivity index (χ4v) is 4.00. The highest BCUT2D eigenvalue weighted by molar-refractivity contribution is 7.99. The molecule has 1 fully saturated rings. The third-order valence-corrected chi connectivity index (χ3v) is 5.18. The quantitative estimate of drug-likeness (QED) is 0.875. The van der Waals surface area contributed by atoms with Gasteiger partial charge in [0.25, 0.3) is 0 Å². The number of aliphatic hydroxyl groups is 1. The van der Waals surface area contributed by atoms with Crippen LogP contribution < -0.4 is 0 Å². The van der Waals surface area contributed by atoms with E-state index in [4.69, 9.17) is 4.98 Å². The minimum absolute atomic E-state index is 0.307. The van der Waals surface area contributed by atoms with Crippen LogP contribution in [0, 0.1) is 5.92 Å². The van der Waals surface area contributed by atoms with E-state index in [1.165, 1.54) is 35.9 Å². The fraction of sp³-hybridized carbons (Fsp3) is 0.769. The van der Waals surface area contributed by atoms with E-state index in [1.54, 1.807) is 0 Å². The Balaban J connectivity index is 1.77. The molecule has 1 N–H and O–H groups in total. The number of aryl methyl sites for hydroxylation is 1. The highest BCUT2D eigenvalue weighted by Gasteiger charge is 2.24. The van der Waals surface area contributed by atoms with Gasteiger partial charge in [0.1, 0.15) is 5.82 Å². The maximum Gasteiger partial charge on any atom is 0.109 e. The van der Waals surface area contributed by atoms with E-state index in [1.807, 2.05) is 0 Å². The molecule has 3 heterocycles. The molecule has 1 aromatic heterocycles. The second-order valence-electron chi connectivity index (χ2n) is 5.23. The van der Waals surface area contributed by atoms with Gasteiger partial charge in [0, 0.05) is 37.4 Å². The van der Waals surface area contributed by atoms with Crippen LogP contribution in [0.15, 0.2) is 6.20 Å². The number of rotatable bonds is 2. The third kappa shape index (κ3) is 2.38.